The highest BCUT2D eigenvalue weighted by Gasteiger charge is 2.49. The van der Waals surface area contributed by atoms with E-state index in [0.717, 1.165) is 6.42 Å². The number of carbonyl (C=O) groups excluding carboxylic acids is 2. The number of likely N-dealkylation sites (tertiary alicyclic amines) is 1. The molecule has 1 fully saturated rings. The van der Waals surface area contributed by atoms with E-state index in [1.54, 1.807) is 0 Å². The van der Waals surface area contributed by atoms with Crippen molar-refractivity contribution in [2.45, 2.75) is 113 Å². The van der Waals surface area contributed by atoms with E-state index in [0.29, 0.717) is 26.2 Å². The molecule has 1 aliphatic heterocycles. The molecule has 2 unspecified atom stereocenters. The summed E-state index contributed by atoms with van der Waals surface area (Å²) in [6.07, 6.45) is 1.39. The van der Waals surface area contributed by atoms with Gasteiger partial charge in [0.05, 0.1) is 30.8 Å². The molecule has 0 aromatic carbocycles. The third-order valence-electron chi connectivity index (χ3n) is 8.01. The van der Waals surface area contributed by atoms with Crippen LogP contribution in [0.15, 0.2) is 0 Å². The maximum absolute atomic E-state index is 13.3. The van der Waals surface area contributed by atoms with Gasteiger partial charge in [-0.05, 0) is 66.7 Å². The van der Waals surface area contributed by atoms with Crippen LogP contribution in [0.3, 0.4) is 0 Å². The normalized spacial score (nSPS) is 21.2. The molecule has 0 aromatic rings. The molecule has 1 aliphatic rings. The second kappa shape index (κ2) is 10.2. The van der Waals surface area contributed by atoms with Crippen molar-refractivity contribution in [3.8, 4) is 0 Å². The molecular formula is C27H51NO5. The van der Waals surface area contributed by atoms with Crippen molar-refractivity contribution >= 4 is 11.9 Å². The minimum Gasteiger partial charge on any atom is -0.469 e. The van der Waals surface area contributed by atoms with E-state index in [1.807, 2.05) is 18.7 Å². The first-order valence-corrected chi connectivity index (χ1v) is 12.4. The number of hydrogen-bond acceptors (Lipinski definition) is 5. The third-order valence-corrected chi connectivity index (χ3v) is 8.01. The fourth-order valence-corrected chi connectivity index (χ4v) is 4.17. The third kappa shape index (κ3) is 7.42. The number of methoxy groups -OCH3 is 1. The molecule has 6 nitrogen and oxygen atoms in total. The second-order valence-corrected chi connectivity index (χ2v) is 13.2. The molecule has 33 heavy (non-hydrogen) atoms. The highest BCUT2D eigenvalue weighted by molar-refractivity contribution is 5.86. The number of hydrogen-bond donors (Lipinski definition) is 0. The van der Waals surface area contributed by atoms with Crippen molar-refractivity contribution < 1.29 is 23.8 Å². The first-order valence-electron chi connectivity index (χ1n) is 12.4. The van der Waals surface area contributed by atoms with Crippen molar-refractivity contribution in [1.29, 1.82) is 0 Å². The summed E-state index contributed by atoms with van der Waals surface area (Å²) in [5.74, 6) is -0.415. The Morgan fingerprint density at radius 1 is 1.06 bits per heavy atom. The van der Waals surface area contributed by atoms with Gasteiger partial charge in [-0.15, -0.1) is 0 Å². The van der Waals surface area contributed by atoms with Crippen LogP contribution in [0.25, 0.3) is 0 Å². The SMILES string of the molecule is COC(=O)C1CN(C(C)(C)C(C)COC(C)(C)C(C)(C)CCOC(C)(C)C)C(=O)C(C)(C)C1. The van der Waals surface area contributed by atoms with Gasteiger partial charge in [-0.25, -0.2) is 0 Å². The minimum absolute atomic E-state index is 0.0644. The number of carbonyl (C=O) groups is 2. The molecular weight excluding hydrogens is 418 g/mol. The molecule has 0 radical (unpaired) electrons. The zero-order valence-electron chi connectivity index (χ0n) is 23.7. The van der Waals surface area contributed by atoms with E-state index in [4.69, 9.17) is 14.2 Å². The Labute approximate surface area is 203 Å². The van der Waals surface area contributed by atoms with Gasteiger partial charge in [-0.1, -0.05) is 34.6 Å². The van der Waals surface area contributed by atoms with Crippen LogP contribution in [0, 0.1) is 22.7 Å². The minimum atomic E-state index is -0.608. The van der Waals surface area contributed by atoms with Gasteiger partial charge >= 0.3 is 5.97 Å². The predicted octanol–water partition coefficient (Wildman–Crippen LogP) is 5.48. The van der Waals surface area contributed by atoms with Gasteiger partial charge < -0.3 is 19.1 Å². The number of piperidine rings is 1. The largest absolute Gasteiger partial charge is 0.469 e. The average Bonchev–Trinajstić information content (AvgIpc) is 2.65. The Hall–Kier alpha value is -1.14. The maximum atomic E-state index is 13.3. The summed E-state index contributed by atoms with van der Waals surface area (Å²) in [6, 6.07) is 0. The van der Waals surface area contributed by atoms with E-state index in [1.165, 1.54) is 7.11 Å². The monoisotopic (exact) mass is 469 g/mol. The molecule has 0 saturated carbocycles. The van der Waals surface area contributed by atoms with Crippen molar-refractivity contribution in [2.24, 2.45) is 22.7 Å². The average molecular weight is 470 g/mol. The van der Waals surface area contributed by atoms with Crippen LogP contribution >= 0.6 is 0 Å². The molecule has 1 saturated heterocycles. The molecule has 0 N–H and O–H groups in total. The van der Waals surface area contributed by atoms with Gasteiger partial charge in [-0.3, -0.25) is 9.59 Å². The van der Waals surface area contributed by atoms with Gasteiger partial charge in [0.15, 0.2) is 0 Å². The lowest BCUT2D eigenvalue weighted by molar-refractivity contribution is -0.168. The van der Waals surface area contributed by atoms with Crippen LogP contribution < -0.4 is 0 Å². The Morgan fingerprint density at radius 2 is 1.61 bits per heavy atom. The lowest BCUT2D eigenvalue weighted by Gasteiger charge is -2.51. The fraction of sp³-hybridized carbons (Fsp3) is 0.926. The first kappa shape index (κ1) is 29.9. The molecule has 0 spiro atoms. The molecule has 2 atom stereocenters. The molecule has 1 heterocycles. The summed E-state index contributed by atoms with van der Waals surface area (Å²) < 4.78 is 17.5. The van der Waals surface area contributed by atoms with Crippen molar-refractivity contribution in [2.75, 3.05) is 26.9 Å². The van der Waals surface area contributed by atoms with Gasteiger partial charge in [0.2, 0.25) is 5.91 Å². The molecule has 1 rings (SSSR count). The Kier molecular flexibility index (Phi) is 9.27. The Balaban J connectivity index is 2.92. The lowest BCUT2D eigenvalue weighted by Crippen LogP contribution is -2.62. The van der Waals surface area contributed by atoms with Crippen molar-refractivity contribution in [1.82, 2.24) is 4.90 Å². The van der Waals surface area contributed by atoms with Gasteiger partial charge in [-0.2, -0.15) is 0 Å². The van der Waals surface area contributed by atoms with Crippen LogP contribution in [0.2, 0.25) is 0 Å². The standard InChI is InChI=1S/C27H51NO5/c1-19(18-33-27(11,12)25(7,8)14-15-32-23(2,3)4)26(9,10)28-17-20(21(29)31-13)16-24(5,6)22(28)30/h19-20H,14-18H2,1-13H3. The summed E-state index contributed by atoms with van der Waals surface area (Å²) in [4.78, 5) is 27.5. The number of ether oxygens (including phenoxy) is 3. The maximum Gasteiger partial charge on any atom is 0.310 e. The number of nitrogens with zero attached hydrogens (tertiary/aromatic N) is 1. The Morgan fingerprint density at radius 3 is 2.09 bits per heavy atom. The van der Waals surface area contributed by atoms with Gasteiger partial charge in [0, 0.05) is 30.0 Å². The van der Waals surface area contributed by atoms with Gasteiger partial charge in [0.1, 0.15) is 0 Å². The van der Waals surface area contributed by atoms with E-state index in [-0.39, 0.29) is 40.3 Å². The van der Waals surface area contributed by atoms with Crippen LogP contribution in [0.1, 0.15) is 95.9 Å². The fourth-order valence-electron chi connectivity index (χ4n) is 4.17. The van der Waals surface area contributed by atoms with Crippen LogP contribution in [0.4, 0.5) is 0 Å². The zero-order chi connectivity index (χ0) is 26.0. The lowest BCUT2D eigenvalue weighted by atomic mass is 9.73. The molecule has 0 aliphatic carbocycles. The first-order chi connectivity index (χ1) is 14.7. The second-order valence-electron chi connectivity index (χ2n) is 13.2. The quantitative estimate of drug-likeness (QED) is 0.397. The van der Waals surface area contributed by atoms with E-state index in [9.17, 15) is 9.59 Å². The molecule has 0 bridgehead atoms. The summed E-state index contributed by atoms with van der Waals surface area (Å²) in [6.45, 7) is 26.6. The molecule has 1 amide bonds. The summed E-state index contributed by atoms with van der Waals surface area (Å²) >= 11 is 0. The summed E-state index contributed by atoms with van der Waals surface area (Å²) in [7, 11) is 1.41. The smallest absolute Gasteiger partial charge is 0.310 e. The summed E-state index contributed by atoms with van der Waals surface area (Å²) in [5.41, 5.74) is -1.71. The highest BCUT2D eigenvalue weighted by Crippen LogP contribution is 2.41. The topological polar surface area (TPSA) is 65.1 Å². The summed E-state index contributed by atoms with van der Waals surface area (Å²) in [5, 5.41) is 0. The van der Waals surface area contributed by atoms with E-state index < -0.39 is 11.0 Å². The molecule has 194 valence electrons. The predicted molar refractivity (Wildman–Crippen MR) is 133 cm³/mol. The van der Waals surface area contributed by atoms with Crippen LogP contribution in [0.5, 0.6) is 0 Å². The van der Waals surface area contributed by atoms with Crippen LogP contribution in [-0.2, 0) is 23.8 Å². The zero-order valence-corrected chi connectivity index (χ0v) is 23.7. The van der Waals surface area contributed by atoms with E-state index in [2.05, 4.69) is 69.2 Å². The van der Waals surface area contributed by atoms with E-state index >= 15 is 0 Å². The Bertz CT molecular complexity index is 687. The van der Waals surface area contributed by atoms with Crippen LogP contribution in [-0.4, -0.2) is 60.4 Å². The number of amides is 1. The highest BCUT2D eigenvalue weighted by atomic mass is 16.5. The van der Waals surface area contributed by atoms with Crippen molar-refractivity contribution in [3.63, 3.8) is 0 Å². The number of esters is 1. The molecule has 0 aromatic heterocycles. The van der Waals surface area contributed by atoms with Crippen molar-refractivity contribution in [3.05, 3.63) is 0 Å². The number of rotatable bonds is 10. The molecule has 6 heteroatoms. The van der Waals surface area contributed by atoms with Gasteiger partial charge in [0.25, 0.3) is 0 Å².